The minimum absolute atomic E-state index is 0.0848. The largest absolute Gasteiger partial charge is 0.368 e. The Kier molecular flexibility index (Phi) is 4.13. The number of sulfonamides is 1. The summed E-state index contributed by atoms with van der Waals surface area (Å²) in [5.74, 6) is 0.0848. The summed E-state index contributed by atoms with van der Waals surface area (Å²) in [5.41, 5.74) is 5.36. The van der Waals surface area contributed by atoms with Crippen LogP contribution in [0.5, 0.6) is 0 Å². The first-order valence-corrected chi connectivity index (χ1v) is 7.62. The summed E-state index contributed by atoms with van der Waals surface area (Å²) in [6.45, 7) is 1.15. The minimum Gasteiger partial charge on any atom is -0.368 e. The van der Waals surface area contributed by atoms with Crippen molar-refractivity contribution in [2.24, 2.45) is 0 Å². The topological polar surface area (TPSA) is 89.2 Å². The number of rotatable bonds is 2. The third kappa shape index (κ3) is 2.97. The summed E-state index contributed by atoms with van der Waals surface area (Å²) in [4.78, 5) is 7.61. The van der Waals surface area contributed by atoms with Crippen LogP contribution in [-0.2, 0) is 10.0 Å². The predicted molar refractivity (Wildman–Crippen MR) is 68.3 cm³/mol. The SMILES string of the molecule is Nc1ncc(S(=O)(=O)N2CCCCCCC2)cn1. The lowest BCUT2D eigenvalue weighted by Gasteiger charge is -2.23. The van der Waals surface area contributed by atoms with E-state index < -0.39 is 10.0 Å². The zero-order valence-corrected chi connectivity index (χ0v) is 11.1. The smallest absolute Gasteiger partial charge is 0.246 e. The number of nitrogens with zero attached hydrogens (tertiary/aromatic N) is 3. The second kappa shape index (κ2) is 5.62. The van der Waals surface area contributed by atoms with Crippen molar-refractivity contribution in [3.8, 4) is 0 Å². The van der Waals surface area contributed by atoms with E-state index in [2.05, 4.69) is 9.97 Å². The van der Waals surface area contributed by atoms with Gasteiger partial charge in [0.1, 0.15) is 4.90 Å². The molecule has 1 aliphatic rings. The van der Waals surface area contributed by atoms with Crippen LogP contribution in [0.3, 0.4) is 0 Å². The summed E-state index contributed by atoms with van der Waals surface area (Å²) in [6.07, 6.45) is 7.74. The van der Waals surface area contributed by atoms with Crippen molar-refractivity contribution < 1.29 is 8.42 Å². The second-order valence-corrected chi connectivity index (χ2v) is 6.39. The fourth-order valence-electron chi connectivity index (χ4n) is 2.07. The van der Waals surface area contributed by atoms with Gasteiger partial charge in [0.25, 0.3) is 0 Å². The van der Waals surface area contributed by atoms with E-state index >= 15 is 0 Å². The molecule has 6 nitrogen and oxygen atoms in total. The second-order valence-electron chi connectivity index (χ2n) is 4.45. The van der Waals surface area contributed by atoms with Gasteiger partial charge in [0.2, 0.25) is 16.0 Å². The molecule has 0 atom stereocenters. The van der Waals surface area contributed by atoms with E-state index in [0.717, 1.165) is 25.7 Å². The Bertz CT molecular complexity index is 478. The standard InChI is InChI=1S/C11H18N4O2S/c12-11-13-8-10(9-14-11)18(16,17)15-6-4-2-1-3-5-7-15/h8-9H,1-7H2,(H2,12,13,14). The predicted octanol–water partition coefficient (Wildman–Crippen LogP) is 1.01. The molecule has 100 valence electrons. The summed E-state index contributed by atoms with van der Waals surface area (Å²) < 4.78 is 26.3. The van der Waals surface area contributed by atoms with Crippen molar-refractivity contribution in [2.75, 3.05) is 18.8 Å². The molecule has 1 saturated heterocycles. The molecule has 2 heterocycles. The molecule has 2 N–H and O–H groups in total. The third-order valence-corrected chi connectivity index (χ3v) is 4.95. The maximum atomic E-state index is 12.4. The van der Waals surface area contributed by atoms with E-state index in [0.29, 0.717) is 13.1 Å². The number of anilines is 1. The van der Waals surface area contributed by atoms with Crippen LogP contribution in [0, 0.1) is 0 Å². The highest BCUT2D eigenvalue weighted by molar-refractivity contribution is 7.89. The fraction of sp³-hybridized carbons (Fsp3) is 0.636. The van der Waals surface area contributed by atoms with Gasteiger partial charge in [0.05, 0.1) is 12.4 Å². The summed E-state index contributed by atoms with van der Waals surface area (Å²) >= 11 is 0. The highest BCUT2D eigenvalue weighted by Gasteiger charge is 2.25. The average Bonchev–Trinajstić information content (AvgIpc) is 2.28. The number of nitrogens with two attached hydrogens (primary N) is 1. The maximum Gasteiger partial charge on any atom is 0.246 e. The van der Waals surface area contributed by atoms with Gasteiger partial charge in [-0.3, -0.25) is 0 Å². The number of hydrogen-bond donors (Lipinski definition) is 1. The molecule has 0 radical (unpaired) electrons. The van der Waals surface area contributed by atoms with Crippen LogP contribution < -0.4 is 5.73 Å². The van der Waals surface area contributed by atoms with Crippen molar-refractivity contribution in [2.45, 2.75) is 37.0 Å². The van der Waals surface area contributed by atoms with Gasteiger partial charge in [-0.25, -0.2) is 18.4 Å². The molecule has 1 aliphatic heterocycles. The van der Waals surface area contributed by atoms with Gasteiger partial charge in [-0.05, 0) is 12.8 Å². The maximum absolute atomic E-state index is 12.4. The van der Waals surface area contributed by atoms with Crippen molar-refractivity contribution in [3.63, 3.8) is 0 Å². The van der Waals surface area contributed by atoms with Gasteiger partial charge in [-0.2, -0.15) is 4.31 Å². The van der Waals surface area contributed by atoms with Crippen LogP contribution in [0.25, 0.3) is 0 Å². The molecule has 7 heteroatoms. The Balaban J connectivity index is 2.20. The van der Waals surface area contributed by atoms with Crippen LogP contribution in [0.2, 0.25) is 0 Å². The fourth-order valence-corrected chi connectivity index (χ4v) is 3.48. The highest BCUT2D eigenvalue weighted by atomic mass is 32.2. The molecular weight excluding hydrogens is 252 g/mol. The van der Waals surface area contributed by atoms with Crippen LogP contribution >= 0.6 is 0 Å². The molecule has 1 aromatic heterocycles. The van der Waals surface area contributed by atoms with Crippen molar-refractivity contribution >= 4 is 16.0 Å². The molecule has 0 saturated carbocycles. The van der Waals surface area contributed by atoms with Gasteiger partial charge in [0.15, 0.2) is 0 Å². The number of hydrogen-bond acceptors (Lipinski definition) is 5. The lowest BCUT2D eigenvalue weighted by Crippen LogP contribution is -2.34. The van der Waals surface area contributed by atoms with E-state index in [1.807, 2.05) is 0 Å². The number of aromatic nitrogens is 2. The molecule has 0 aliphatic carbocycles. The molecular formula is C11H18N4O2S. The first-order chi connectivity index (χ1) is 8.60. The Morgan fingerprint density at radius 3 is 2.06 bits per heavy atom. The molecule has 2 rings (SSSR count). The van der Waals surface area contributed by atoms with E-state index in [9.17, 15) is 8.42 Å². The van der Waals surface area contributed by atoms with Crippen LogP contribution in [0.1, 0.15) is 32.1 Å². The van der Waals surface area contributed by atoms with Gasteiger partial charge < -0.3 is 5.73 Å². The van der Waals surface area contributed by atoms with E-state index in [1.54, 1.807) is 0 Å². The Hall–Kier alpha value is -1.21. The van der Waals surface area contributed by atoms with Gasteiger partial charge in [-0.15, -0.1) is 0 Å². The number of nitrogen functional groups attached to an aromatic ring is 1. The third-order valence-electron chi connectivity index (χ3n) is 3.10. The normalized spacial score (nSPS) is 19.1. The molecule has 1 fully saturated rings. The first kappa shape index (κ1) is 13.2. The van der Waals surface area contributed by atoms with Gasteiger partial charge in [0, 0.05) is 13.1 Å². The zero-order chi connectivity index (χ0) is 13.0. The molecule has 0 spiro atoms. The van der Waals surface area contributed by atoms with Crippen molar-refractivity contribution in [1.82, 2.24) is 14.3 Å². The van der Waals surface area contributed by atoms with Crippen LogP contribution in [0.15, 0.2) is 17.3 Å². The van der Waals surface area contributed by atoms with Gasteiger partial charge in [-0.1, -0.05) is 19.3 Å². The van der Waals surface area contributed by atoms with Crippen molar-refractivity contribution in [1.29, 1.82) is 0 Å². The summed E-state index contributed by atoms with van der Waals surface area (Å²) in [5, 5.41) is 0. The lowest BCUT2D eigenvalue weighted by atomic mass is 10.1. The quantitative estimate of drug-likeness (QED) is 0.866. The van der Waals surface area contributed by atoms with Crippen molar-refractivity contribution in [3.05, 3.63) is 12.4 Å². The van der Waals surface area contributed by atoms with E-state index in [1.165, 1.54) is 23.1 Å². The Morgan fingerprint density at radius 1 is 1.00 bits per heavy atom. The molecule has 0 bridgehead atoms. The molecule has 18 heavy (non-hydrogen) atoms. The average molecular weight is 270 g/mol. The zero-order valence-electron chi connectivity index (χ0n) is 10.2. The van der Waals surface area contributed by atoms with Crippen LogP contribution in [0.4, 0.5) is 5.95 Å². The van der Waals surface area contributed by atoms with Crippen LogP contribution in [-0.4, -0.2) is 35.8 Å². The highest BCUT2D eigenvalue weighted by Crippen LogP contribution is 2.19. The monoisotopic (exact) mass is 270 g/mol. The van der Waals surface area contributed by atoms with E-state index in [-0.39, 0.29) is 10.8 Å². The lowest BCUT2D eigenvalue weighted by molar-refractivity contribution is 0.364. The Morgan fingerprint density at radius 2 is 1.50 bits per heavy atom. The Labute approximate surface area is 107 Å². The van der Waals surface area contributed by atoms with E-state index in [4.69, 9.17) is 5.73 Å². The first-order valence-electron chi connectivity index (χ1n) is 6.18. The summed E-state index contributed by atoms with van der Waals surface area (Å²) in [6, 6.07) is 0. The summed E-state index contributed by atoms with van der Waals surface area (Å²) in [7, 11) is -3.47. The molecule has 0 aromatic carbocycles. The van der Waals surface area contributed by atoms with Gasteiger partial charge >= 0.3 is 0 Å². The molecule has 0 amide bonds. The molecule has 0 unspecified atom stereocenters. The minimum atomic E-state index is -3.47. The molecule has 1 aromatic rings.